The molecule has 19 heavy (non-hydrogen) atoms. The van der Waals surface area contributed by atoms with Crippen LogP contribution in [0.4, 0.5) is 0 Å². The van der Waals surface area contributed by atoms with Crippen molar-refractivity contribution in [3.8, 4) is 0 Å². The van der Waals surface area contributed by atoms with Crippen LogP contribution in [0, 0.1) is 5.92 Å². The van der Waals surface area contributed by atoms with Gasteiger partial charge < -0.3 is 10.2 Å². The highest BCUT2D eigenvalue weighted by atomic mass is 32.2. The first kappa shape index (κ1) is 17.3. The minimum absolute atomic E-state index is 0.713. The number of hydrogen-bond donors (Lipinski definition) is 1. The highest BCUT2D eigenvalue weighted by molar-refractivity contribution is 7.98. The van der Waals surface area contributed by atoms with Crippen LogP contribution in [0.5, 0.6) is 0 Å². The predicted octanol–water partition coefficient (Wildman–Crippen LogP) is 3.62. The van der Waals surface area contributed by atoms with E-state index in [0.717, 1.165) is 5.92 Å². The average molecular weight is 287 g/mol. The van der Waals surface area contributed by atoms with Gasteiger partial charge in [0, 0.05) is 6.04 Å². The first-order chi connectivity index (χ1) is 9.27. The number of nitrogens with one attached hydrogen (secondary N) is 1. The molecule has 0 bridgehead atoms. The van der Waals surface area contributed by atoms with Gasteiger partial charge in [-0.05, 0) is 76.7 Å². The Morgan fingerprint density at radius 3 is 2.47 bits per heavy atom. The van der Waals surface area contributed by atoms with Crippen molar-refractivity contribution >= 4 is 11.8 Å². The Balaban J connectivity index is 1.97. The zero-order chi connectivity index (χ0) is 13.9. The van der Waals surface area contributed by atoms with Crippen LogP contribution in [0.25, 0.3) is 0 Å². The first-order valence-electron chi connectivity index (χ1n) is 8.22. The second kappa shape index (κ2) is 11.0. The van der Waals surface area contributed by atoms with Crippen molar-refractivity contribution in [1.29, 1.82) is 0 Å². The summed E-state index contributed by atoms with van der Waals surface area (Å²) in [5.41, 5.74) is 0. The van der Waals surface area contributed by atoms with Gasteiger partial charge in [0.25, 0.3) is 0 Å². The molecule has 1 N–H and O–H groups in total. The Hall–Kier alpha value is 0.270. The largest absolute Gasteiger partial charge is 0.314 e. The molecule has 0 spiro atoms. The molecule has 0 aromatic rings. The SMILES string of the molecule is CCN1CCC(C(C)NCCCCCCSC)CC1. The van der Waals surface area contributed by atoms with Crippen LogP contribution >= 0.6 is 11.8 Å². The third-order valence-corrected chi connectivity index (χ3v) is 5.23. The fourth-order valence-corrected chi connectivity index (χ4v) is 3.48. The molecular formula is C16H34N2S. The number of unbranched alkanes of at least 4 members (excludes halogenated alkanes) is 3. The molecule has 2 nitrogen and oxygen atoms in total. The summed E-state index contributed by atoms with van der Waals surface area (Å²) >= 11 is 1.97. The van der Waals surface area contributed by atoms with Gasteiger partial charge in [-0.2, -0.15) is 11.8 Å². The number of thioether (sulfide) groups is 1. The average Bonchev–Trinajstić information content (AvgIpc) is 2.46. The molecule has 1 rings (SSSR count). The van der Waals surface area contributed by atoms with Gasteiger partial charge in [-0.15, -0.1) is 0 Å². The standard InChI is InChI=1S/C16H34N2S/c1-4-18-12-9-16(10-13-18)15(2)17-11-7-5-6-8-14-19-3/h15-17H,4-14H2,1-3H3. The molecule has 1 unspecified atom stereocenters. The fourth-order valence-electron chi connectivity index (χ4n) is 2.99. The molecule has 0 radical (unpaired) electrons. The maximum atomic E-state index is 3.75. The molecule has 0 aromatic carbocycles. The van der Waals surface area contributed by atoms with Crippen LogP contribution in [-0.4, -0.2) is 49.1 Å². The number of rotatable bonds is 10. The van der Waals surface area contributed by atoms with Gasteiger partial charge in [0.15, 0.2) is 0 Å². The van der Waals surface area contributed by atoms with E-state index in [9.17, 15) is 0 Å². The molecule has 114 valence electrons. The van der Waals surface area contributed by atoms with Crippen molar-refractivity contribution in [2.24, 2.45) is 5.92 Å². The molecule has 0 aromatic heterocycles. The number of nitrogens with zero attached hydrogens (tertiary/aromatic N) is 1. The summed E-state index contributed by atoms with van der Waals surface area (Å²) in [6, 6.07) is 0.713. The fraction of sp³-hybridized carbons (Fsp3) is 1.00. The zero-order valence-corrected chi connectivity index (χ0v) is 14.1. The third-order valence-electron chi connectivity index (χ3n) is 4.53. The molecule has 1 aliphatic heterocycles. The Morgan fingerprint density at radius 2 is 1.84 bits per heavy atom. The molecule has 0 aliphatic carbocycles. The van der Waals surface area contributed by atoms with Crippen LogP contribution in [0.1, 0.15) is 52.4 Å². The van der Waals surface area contributed by atoms with E-state index in [2.05, 4.69) is 30.3 Å². The minimum atomic E-state index is 0.713. The van der Waals surface area contributed by atoms with Crippen molar-refractivity contribution in [3.05, 3.63) is 0 Å². The van der Waals surface area contributed by atoms with Crippen LogP contribution in [0.3, 0.4) is 0 Å². The van der Waals surface area contributed by atoms with Gasteiger partial charge in [-0.3, -0.25) is 0 Å². The first-order valence-corrected chi connectivity index (χ1v) is 9.62. The highest BCUT2D eigenvalue weighted by Gasteiger charge is 2.22. The monoisotopic (exact) mass is 286 g/mol. The van der Waals surface area contributed by atoms with Crippen molar-refractivity contribution in [1.82, 2.24) is 10.2 Å². The summed E-state index contributed by atoms with van der Waals surface area (Å²) in [5.74, 6) is 2.24. The maximum Gasteiger partial charge on any atom is 0.00679 e. The van der Waals surface area contributed by atoms with Crippen molar-refractivity contribution < 1.29 is 0 Å². The summed E-state index contributed by atoms with van der Waals surface area (Å²) < 4.78 is 0. The normalized spacial score (nSPS) is 19.7. The molecule has 1 aliphatic rings. The van der Waals surface area contributed by atoms with Crippen LogP contribution in [0.2, 0.25) is 0 Å². The molecule has 1 heterocycles. The summed E-state index contributed by atoms with van der Waals surface area (Å²) in [5, 5.41) is 3.75. The van der Waals surface area contributed by atoms with Gasteiger partial charge in [0.05, 0.1) is 0 Å². The van der Waals surface area contributed by atoms with E-state index in [-0.39, 0.29) is 0 Å². The number of likely N-dealkylation sites (tertiary alicyclic amines) is 1. The summed E-state index contributed by atoms with van der Waals surface area (Å²) in [6.07, 6.45) is 10.5. The van der Waals surface area contributed by atoms with Gasteiger partial charge in [0.1, 0.15) is 0 Å². The molecule has 3 heteroatoms. The second-order valence-corrected chi connectivity index (χ2v) is 6.91. The van der Waals surface area contributed by atoms with E-state index in [1.807, 2.05) is 11.8 Å². The lowest BCUT2D eigenvalue weighted by atomic mass is 9.90. The Labute approximate surface area is 125 Å². The smallest absolute Gasteiger partial charge is 0.00679 e. The summed E-state index contributed by atoms with van der Waals surface area (Å²) in [6.45, 7) is 9.72. The molecule has 1 fully saturated rings. The van der Waals surface area contributed by atoms with Crippen LogP contribution in [-0.2, 0) is 0 Å². The van der Waals surface area contributed by atoms with Gasteiger partial charge in [-0.1, -0.05) is 19.8 Å². The van der Waals surface area contributed by atoms with E-state index in [4.69, 9.17) is 0 Å². The van der Waals surface area contributed by atoms with Crippen molar-refractivity contribution in [2.45, 2.75) is 58.4 Å². The van der Waals surface area contributed by atoms with E-state index in [1.165, 1.54) is 70.5 Å². The number of piperidine rings is 1. The molecule has 0 saturated carbocycles. The molecular weight excluding hydrogens is 252 g/mol. The lowest BCUT2D eigenvalue weighted by Gasteiger charge is -2.34. The highest BCUT2D eigenvalue weighted by Crippen LogP contribution is 2.20. The van der Waals surface area contributed by atoms with E-state index in [1.54, 1.807) is 0 Å². The van der Waals surface area contributed by atoms with E-state index in [0.29, 0.717) is 6.04 Å². The quantitative estimate of drug-likeness (QED) is 0.618. The van der Waals surface area contributed by atoms with Crippen LogP contribution < -0.4 is 5.32 Å². The topological polar surface area (TPSA) is 15.3 Å². The Bertz CT molecular complexity index is 203. The van der Waals surface area contributed by atoms with Gasteiger partial charge in [-0.25, -0.2) is 0 Å². The molecule has 0 amide bonds. The van der Waals surface area contributed by atoms with Crippen molar-refractivity contribution in [2.75, 3.05) is 38.2 Å². The lowest BCUT2D eigenvalue weighted by molar-refractivity contribution is 0.169. The van der Waals surface area contributed by atoms with E-state index >= 15 is 0 Å². The Kier molecular flexibility index (Phi) is 10.0. The van der Waals surface area contributed by atoms with Crippen molar-refractivity contribution in [3.63, 3.8) is 0 Å². The van der Waals surface area contributed by atoms with Crippen LogP contribution in [0.15, 0.2) is 0 Å². The summed E-state index contributed by atoms with van der Waals surface area (Å²) in [7, 11) is 0. The van der Waals surface area contributed by atoms with E-state index < -0.39 is 0 Å². The molecule has 1 atom stereocenters. The predicted molar refractivity (Wildman–Crippen MR) is 89.2 cm³/mol. The van der Waals surface area contributed by atoms with Gasteiger partial charge in [0.2, 0.25) is 0 Å². The lowest BCUT2D eigenvalue weighted by Crippen LogP contribution is -2.42. The Morgan fingerprint density at radius 1 is 1.16 bits per heavy atom. The zero-order valence-electron chi connectivity index (χ0n) is 13.3. The number of hydrogen-bond acceptors (Lipinski definition) is 3. The molecule has 1 saturated heterocycles. The second-order valence-electron chi connectivity index (χ2n) is 5.92. The minimum Gasteiger partial charge on any atom is -0.314 e. The summed E-state index contributed by atoms with van der Waals surface area (Å²) in [4.78, 5) is 2.58. The maximum absolute atomic E-state index is 3.75. The van der Waals surface area contributed by atoms with Gasteiger partial charge >= 0.3 is 0 Å². The third kappa shape index (κ3) is 7.57.